The molecule has 34 atom stereocenters. The summed E-state index contributed by atoms with van der Waals surface area (Å²) in [7, 11) is -5.15. The van der Waals surface area contributed by atoms with E-state index in [0.717, 1.165) is 5.57 Å². The summed E-state index contributed by atoms with van der Waals surface area (Å²) in [6, 6.07) is 0. The van der Waals surface area contributed by atoms with Crippen LogP contribution >= 0.6 is 0 Å². The molecule has 0 aromatic carbocycles. The van der Waals surface area contributed by atoms with E-state index in [-0.39, 0.29) is 78.3 Å². The number of hydrogen-bond acceptors (Lipinski definition) is 28. The predicted molar refractivity (Wildman–Crippen MR) is 288 cm³/mol. The summed E-state index contributed by atoms with van der Waals surface area (Å²) in [5.41, 5.74) is -1.35. The Morgan fingerprint density at radius 1 is 0.632 bits per heavy atom. The van der Waals surface area contributed by atoms with E-state index in [9.17, 15) is 84.1 Å². The fourth-order valence-electron chi connectivity index (χ4n) is 16.0. The number of aliphatic hydroxyl groups excluding tert-OH is 12. The molecule has 0 spiro atoms. The first-order valence-corrected chi connectivity index (χ1v) is 31.7. The van der Waals surface area contributed by atoms with Crippen LogP contribution in [-0.4, -0.2) is 263 Å². The Morgan fingerprint density at radius 2 is 1.13 bits per heavy atom. The zero-order valence-electron chi connectivity index (χ0n) is 51.0. The summed E-state index contributed by atoms with van der Waals surface area (Å²) in [4.78, 5) is 13.2. The van der Waals surface area contributed by atoms with Crippen LogP contribution in [0.2, 0.25) is 0 Å². The second kappa shape index (κ2) is 28.0. The number of aliphatic hydroxyl groups is 13. The van der Waals surface area contributed by atoms with Crippen LogP contribution in [0.4, 0.5) is 0 Å². The van der Waals surface area contributed by atoms with E-state index in [1.54, 1.807) is 6.92 Å². The van der Waals surface area contributed by atoms with Gasteiger partial charge in [-0.25, -0.2) is 8.42 Å². The first kappa shape index (κ1) is 72.2. The molecule has 0 amide bonds. The van der Waals surface area contributed by atoms with E-state index in [1.165, 1.54) is 27.7 Å². The molecule has 9 aliphatic rings. The summed E-state index contributed by atoms with van der Waals surface area (Å²) >= 11 is 0. The number of fused-ring (bicyclic) bond motifs is 5. The van der Waals surface area contributed by atoms with Gasteiger partial charge in [-0.15, -0.1) is 0 Å². The normalized spacial score (nSPS) is 51.1. The molecule has 5 saturated heterocycles. The van der Waals surface area contributed by atoms with Crippen molar-refractivity contribution in [2.24, 2.45) is 40.4 Å². The number of carbonyl (C=O) groups excluding carboxylic acids is 1. The maximum atomic E-state index is 13.2. The van der Waals surface area contributed by atoms with Crippen molar-refractivity contribution in [2.75, 3.05) is 6.61 Å². The van der Waals surface area contributed by atoms with Gasteiger partial charge in [-0.3, -0.25) is 8.98 Å². The Balaban J connectivity index is 0.00000982. The molecular weight excluding hydrogens is 1190 g/mol. The van der Waals surface area contributed by atoms with Gasteiger partial charge in [0.25, 0.3) is 0 Å². The molecule has 9 rings (SSSR count). The van der Waals surface area contributed by atoms with Crippen LogP contribution in [0.1, 0.15) is 120 Å². The monoisotopic (exact) mass is 1280 g/mol. The maximum Gasteiger partial charge on any atom is 1.00 e. The average molecular weight is 1280 g/mol. The van der Waals surface area contributed by atoms with Crippen molar-refractivity contribution in [2.45, 2.75) is 291 Å². The second-order valence-electron chi connectivity index (χ2n) is 27.1. The third kappa shape index (κ3) is 14.5. The summed E-state index contributed by atoms with van der Waals surface area (Å²) < 4.78 is 103. The van der Waals surface area contributed by atoms with Gasteiger partial charge in [0.05, 0.1) is 48.8 Å². The summed E-state index contributed by atoms with van der Waals surface area (Å²) in [5, 5.41) is 147. The van der Waals surface area contributed by atoms with Gasteiger partial charge in [0.1, 0.15) is 103 Å². The molecule has 24 unspecified atom stereocenters. The molecule has 3 saturated carbocycles. The summed E-state index contributed by atoms with van der Waals surface area (Å²) in [6.07, 6.45) is -39.5. The fraction of sp³-hybridized carbons (Fsp3) is 0.947. The largest absolute Gasteiger partial charge is 1.00 e. The van der Waals surface area contributed by atoms with Crippen LogP contribution in [-0.2, 0) is 66.7 Å². The minimum Gasteiger partial charge on any atom is -0.726 e. The van der Waals surface area contributed by atoms with Gasteiger partial charge in [0, 0.05) is 12.8 Å². The molecule has 0 aromatic rings. The summed E-state index contributed by atoms with van der Waals surface area (Å²) in [6.45, 7) is 14.4. The molecule has 496 valence electrons. The summed E-state index contributed by atoms with van der Waals surface area (Å²) in [5.74, 6) is -0.926. The zero-order chi connectivity index (χ0) is 63.2. The quantitative estimate of drug-likeness (QED) is 0.0263. The van der Waals surface area contributed by atoms with Gasteiger partial charge in [0.2, 0.25) is 10.4 Å². The number of allylic oxidation sites excluding steroid dienone is 2. The van der Waals surface area contributed by atoms with E-state index >= 15 is 0 Å². The molecule has 0 bridgehead atoms. The van der Waals surface area contributed by atoms with Crippen LogP contribution < -0.4 is 29.6 Å². The van der Waals surface area contributed by atoms with Crippen molar-refractivity contribution in [3.05, 3.63) is 11.6 Å². The molecule has 13 N–H and O–H groups in total. The van der Waals surface area contributed by atoms with Crippen molar-refractivity contribution in [3.63, 3.8) is 0 Å². The number of ether oxygens (including phenoxy) is 10. The number of rotatable bonds is 18. The van der Waals surface area contributed by atoms with Gasteiger partial charge in [-0.2, -0.15) is 0 Å². The minimum absolute atomic E-state index is 0. The van der Waals surface area contributed by atoms with Crippen LogP contribution in [0.5, 0.6) is 0 Å². The van der Waals surface area contributed by atoms with Crippen molar-refractivity contribution >= 4 is 16.2 Å². The van der Waals surface area contributed by atoms with E-state index in [2.05, 4.69) is 19.9 Å². The maximum absolute atomic E-state index is 13.2. The third-order valence-corrected chi connectivity index (χ3v) is 21.1. The number of carbonyl (C=O) groups is 1. The van der Waals surface area contributed by atoms with Crippen molar-refractivity contribution < 1.29 is 165 Å². The van der Waals surface area contributed by atoms with Gasteiger partial charge in [-0.1, -0.05) is 39.3 Å². The van der Waals surface area contributed by atoms with Crippen molar-refractivity contribution in [1.29, 1.82) is 0 Å². The molecule has 8 fully saturated rings. The van der Waals surface area contributed by atoms with Crippen LogP contribution in [0.15, 0.2) is 11.6 Å². The Hall–Kier alpha value is -0.640. The molecule has 87 heavy (non-hydrogen) atoms. The number of hydrogen-bond donors (Lipinski definition) is 13. The smallest absolute Gasteiger partial charge is 0.726 e. The second-order valence-corrected chi connectivity index (χ2v) is 28.1. The van der Waals surface area contributed by atoms with Crippen LogP contribution in [0.25, 0.3) is 0 Å². The Kier molecular flexibility index (Phi) is 23.2. The SMILES string of the molecule is CC(C)CC(=O)CC(C)(O)C1CCC2C3CC(OC4OC(C)[C@@H](O)C(OC5OC(CO)[C@@H](O[C@@H]6OC(C)[C@@H](O)C(O)C6O[C@@H]6OC(C)[C@H](O)C(O)C6O)C(O)C5O[C@@H]5OC(C)[C@@H](O)C(O)C5O)C4O)C4CC(OS(=O)(=O)[O-])CC[C@]4(C)C3=CC[C@@]21C.[Na+]. The molecule has 30 heteroatoms. The molecular formula is C57H93NaO28S. The molecule has 28 nitrogen and oxygen atoms in total. The van der Waals surface area contributed by atoms with Crippen LogP contribution in [0, 0.1) is 40.4 Å². The number of ketones is 1. The molecule has 5 aliphatic heterocycles. The van der Waals surface area contributed by atoms with Crippen molar-refractivity contribution in [1.82, 2.24) is 0 Å². The minimum atomic E-state index is -5.15. The van der Waals surface area contributed by atoms with E-state index in [4.69, 9.17) is 51.6 Å². The van der Waals surface area contributed by atoms with Gasteiger partial charge >= 0.3 is 29.6 Å². The Bertz CT molecular complexity index is 2460. The topological polar surface area (TPSA) is 439 Å². The Morgan fingerprint density at radius 3 is 1.68 bits per heavy atom. The molecule has 0 radical (unpaired) electrons. The van der Waals surface area contributed by atoms with E-state index in [1.807, 2.05) is 13.8 Å². The third-order valence-electron chi connectivity index (χ3n) is 20.6. The Labute approximate surface area is 528 Å². The van der Waals surface area contributed by atoms with Gasteiger partial charge < -0.3 is 118 Å². The van der Waals surface area contributed by atoms with Crippen LogP contribution in [0.3, 0.4) is 0 Å². The zero-order valence-corrected chi connectivity index (χ0v) is 53.8. The molecule has 0 aromatic heterocycles. The van der Waals surface area contributed by atoms with E-state index in [0.29, 0.717) is 38.5 Å². The van der Waals surface area contributed by atoms with E-state index < -0.39 is 205 Å². The fourth-order valence-corrected chi connectivity index (χ4v) is 16.5. The standard InChI is InChI=1S/C57H94O28S.Na/c1-21(2)16-26(59)19-57(9,71)34-11-10-29-28-18-32(31-17-27(85-86(72,73)74)12-14-55(31,7)30(28)13-15-56(29,34)8)79-52-45(70)47(38(63)25(6)77-52)82-54-49(84-51-43(68)40(65)36(61)23(4)76-51)44(69)46(33(20-58)80-54)81-53-48(41(66)37(62)24(5)78-53)83-50-42(67)39(64)35(60)22(3)75-50;/h13,21-25,27-29,31-54,58,60-71H,10-12,14-20H2,1-9H3,(H,72,73,74);/q;+1/p-1/t22?,23?,24?,25?,27?,28?,29?,31?,32?,33?,34?,35-,36+,37+,38+,39?,40?,41?,42?,43?,44?,45?,46+,47?,48?,49?,50-,51-,52?,53-,54?,55+,56-,57?;/m0./s1. The molecule has 5 heterocycles. The van der Waals surface area contributed by atoms with Crippen molar-refractivity contribution in [3.8, 4) is 0 Å². The first-order chi connectivity index (χ1) is 40.1. The average Bonchev–Trinajstić information content (AvgIpc) is 1.70. The first-order valence-electron chi connectivity index (χ1n) is 30.3. The number of Topliss-reactive ketones (excluding diaryl/α,β-unsaturated/α-hetero) is 1. The molecule has 4 aliphatic carbocycles. The predicted octanol–water partition coefficient (Wildman–Crippen LogP) is -5.63. The van der Waals surface area contributed by atoms with Gasteiger partial charge in [-0.05, 0) is 120 Å². The van der Waals surface area contributed by atoms with Gasteiger partial charge in [0.15, 0.2) is 31.5 Å².